The number of carboxylic acids is 3. The Morgan fingerprint density at radius 2 is 1.16 bits per heavy atom. The van der Waals surface area contributed by atoms with Gasteiger partial charge in [0, 0.05) is 44.2 Å². The summed E-state index contributed by atoms with van der Waals surface area (Å²) in [5.74, 6) is -3.20. The van der Waals surface area contributed by atoms with Gasteiger partial charge in [0.25, 0.3) is 0 Å². The van der Waals surface area contributed by atoms with Crippen LogP contribution < -0.4 is 38.2 Å². The zero-order chi connectivity index (χ0) is 50.4. The normalized spacial score (nSPS) is 10.9. The van der Waals surface area contributed by atoms with Crippen LogP contribution in [0.5, 0.6) is 17.2 Å². The van der Waals surface area contributed by atoms with Crippen molar-refractivity contribution >= 4 is 41.1 Å². The minimum Gasteiger partial charge on any atom is -1.00 e. The number of nitrogens with one attached hydrogen (secondary N) is 2. The number of aromatic hydroxyl groups is 1. The molecule has 0 aliphatic rings. The lowest BCUT2D eigenvalue weighted by Crippen LogP contribution is -3.00. The molecule has 0 aliphatic heterocycles. The van der Waals surface area contributed by atoms with Crippen LogP contribution in [0.2, 0.25) is 0 Å². The van der Waals surface area contributed by atoms with Crippen LogP contribution in [-0.4, -0.2) is 111 Å². The van der Waals surface area contributed by atoms with Crippen molar-refractivity contribution in [2.45, 2.75) is 64.7 Å². The summed E-state index contributed by atoms with van der Waals surface area (Å²) in [5, 5.41) is 57.4. The van der Waals surface area contributed by atoms with E-state index in [0.29, 0.717) is 12.3 Å². The number of phenolic OH excluding ortho intramolecular Hbond substituents is 1. The highest BCUT2D eigenvalue weighted by atomic mass is 35.5. The lowest BCUT2D eigenvalue weighted by atomic mass is 9.96. The van der Waals surface area contributed by atoms with Crippen LogP contribution >= 0.6 is 0 Å². The number of carbonyl (C=O) groups is 5. The van der Waals surface area contributed by atoms with Gasteiger partial charge in [-0.25, -0.2) is 4.79 Å². The number of hydrogen-bond donors (Lipinski definition) is 9. The Labute approximate surface area is 405 Å². The largest absolute Gasteiger partial charge is 1.00 e. The third kappa shape index (κ3) is 27.5. The second-order valence-corrected chi connectivity index (χ2v) is 15.0. The number of likely N-dealkylation sites (N-methyl/N-ethyl adjacent to an activating group) is 1. The van der Waals surface area contributed by atoms with Crippen molar-refractivity contribution in [3.63, 3.8) is 0 Å². The van der Waals surface area contributed by atoms with Gasteiger partial charge in [0.15, 0.2) is 5.60 Å². The van der Waals surface area contributed by atoms with Crippen LogP contribution in [0.4, 0.5) is 11.4 Å². The zero-order valence-electron chi connectivity index (χ0n) is 40.0. The summed E-state index contributed by atoms with van der Waals surface area (Å²) < 4.78 is 11.1. The Bertz CT molecular complexity index is 2200. The summed E-state index contributed by atoms with van der Waals surface area (Å²) in [6, 6.07) is 41.6. The lowest BCUT2D eigenvalue weighted by Gasteiger charge is -2.18. The van der Waals surface area contributed by atoms with Gasteiger partial charge in [0.05, 0.1) is 25.6 Å². The maximum absolute atomic E-state index is 10.7. The molecule has 5 rings (SSSR count). The maximum Gasteiger partial charge on any atom is 1.00 e. The molecule has 0 bridgehead atoms. The number of nitrogens with zero attached hydrogens (tertiary/aromatic N) is 1. The smallest absolute Gasteiger partial charge is 1.00 e. The van der Waals surface area contributed by atoms with Crippen LogP contribution in [0.15, 0.2) is 133 Å². The van der Waals surface area contributed by atoms with E-state index in [-0.39, 0.29) is 37.4 Å². The van der Waals surface area contributed by atoms with E-state index in [2.05, 4.69) is 66.0 Å². The van der Waals surface area contributed by atoms with E-state index in [0.717, 1.165) is 42.3 Å². The molecule has 0 spiro atoms. The molecule has 0 radical (unpaired) electrons. The van der Waals surface area contributed by atoms with Gasteiger partial charge in [0.2, 0.25) is 11.8 Å². The van der Waals surface area contributed by atoms with Crippen LogP contribution in [-0.2, 0) is 30.4 Å². The Balaban J connectivity index is 0. The van der Waals surface area contributed by atoms with Gasteiger partial charge >= 0.3 is 19.3 Å². The highest BCUT2D eigenvalue weighted by Crippen LogP contribution is 2.22. The van der Waals surface area contributed by atoms with Gasteiger partial charge in [-0.15, -0.1) is 0 Å². The van der Waals surface area contributed by atoms with Crippen molar-refractivity contribution in [3.8, 4) is 17.2 Å². The number of rotatable bonds is 17. The fourth-order valence-electron chi connectivity index (χ4n) is 5.36. The van der Waals surface area contributed by atoms with E-state index in [4.69, 9.17) is 40.7 Å². The summed E-state index contributed by atoms with van der Waals surface area (Å²) in [5.41, 5.74) is 7.69. The molecule has 17 nitrogen and oxygen atoms in total. The molecule has 0 saturated heterocycles. The Kier molecular flexibility index (Phi) is 30.0. The molecule has 0 unspecified atom stereocenters. The molecule has 5 aromatic carbocycles. The summed E-state index contributed by atoms with van der Waals surface area (Å²) >= 11 is 0. The number of carboxylic acid groups (broad SMARTS) is 3. The number of ether oxygens (including phenoxy) is 2. The van der Waals surface area contributed by atoms with Gasteiger partial charge in [-0.1, -0.05) is 78.9 Å². The van der Waals surface area contributed by atoms with Gasteiger partial charge in [-0.3, -0.25) is 19.2 Å². The zero-order valence-corrected chi connectivity index (χ0v) is 39.8. The van der Waals surface area contributed by atoms with Crippen molar-refractivity contribution in [3.05, 3.63) is 150 Å². The van der Waals surface area contributed by atoms with Gasteiger partial charge in [0.1, 0.15) is 23.9 Å². The molecule has 18 heteroatoms. The molecule has 0 saturated carbocycles. The first kappa shape index (κ1) is 61.0. The average molecular weight is 966 g/mol. The first-order valence-electron chi connectivity index (χ1n) is 21.0. The van der Waals surface area contributed by atoms with E-state index in [1.54, 1.807) is 19.1 Å². The standard InChI is InChI=1S/C17H21NO.C10H13NO2.C9H13NO.C8H9NO2.C6H8O7.ClH/c1-18(2)12-13-19-17-11-7-6-10-16(17)14-15-8-4-3-5-9-15;1-3-13-10-6-4-9(5-7-10)11-8(2)12;1-7(10)9(11)8-5-3-2-4-6-8;1-6(10)9-7-2-4-8(11)5-3-7;7-3(8)1-6(13,5(11)12)2-4(9)10;/h3-11H,12-14H2,1-2H3;4-7H,3H2,1-2H3,(H,11,12);2-7,9,11H,10H2,1H3;2-5,11H,1H3,(H,9,10);13H,1-2H2,(H,7,8)(H,9,10)(H,11,12);1H/t;;7-,9-;;;/m..0.../s1. The van der Waals surface area contributed by atoms with Crippen molar-refractivity contribution < 1.29 is 77.9 Å². The first-order chi connectivity index (χ1) is 31.6. The van der Waals surface area contributed by atoms with E-state index in [1.165, 1.54) is 37.1 Å². The molecule has 5 aromatic rings. The first-order valence-corrected chi connectivity index (χ1v) is 21.0. The number of nitrogens with two attached hydrogens (primary N) is 1. The van der Waals surface area contributed by atoms with Gasteiger partial charge in [-0.2, -0.15) is 0 Å². The van der Waals surface area contributed by atoms with E-state index in [1.807, 2.05) is 79.7 Å². The van der Waals surface area contributed by atoms with Crippen molar-refractivity contribution in [1.29, 1.82) is 0 Å². The number of halogens is 1. The highest BCUT2D eigenvalue weighted by Gasteiger charge is 2.40. The second-order valence-electron chi connectivity index (χ2n) is 15.0. The van der Waals surface area contributed by atoms with Crippen LogP contribution in [0.25, 0.3) is 0 Å². The molecule has 0 aliphatic carbocycles. The topological polar surface area (TPSA) is 279 Å². The summed E-state index contributed by atoms with van der Waals surface area (Å²) in [6.45, 7) is 8.95. The third-order valence-electron chi connectivity index (χ3n) is 8.60. The predicted molar refractivity (Wildman–Crippen MR) is 257 cm³/mol. The fraction of sp³-hybridized carbons (Fsp3) is 0.300. The highest BCUT2D eigenvalue weighted by molar-refractivity contribution is 5.89. The number of aliphatic carboxylic acids is 3. The summed E-state index contributed by atoms with van der Waals surface area (Å²) in [6.07, 6.45) is -1.92. The van der Waals surface area contributed by atoms with Crippen molar-refractivity contribution in [2.75, 3.05) is 44.5 Å². The predicted octanol–water partition coefficient (Wildman–Crippen LogP) is 3.55. The molecule has 0 heterocycles. The number of anilines is 2. The molecular formula is C50H65ClN4O13. The average Bonchev–Trinajstić information content (AvgIpc) is 3.26. The molecule has 0 aromatic heterocycles. The number of benzene rings is 5. The van der Waals surface area contributed by atoms with Gasteiger partial charge in [-0.05, 0) is 99.2 Å². The van der Waals surface area contributed by atoms with Crippen molar-refractivity contribution in [2.24, 2.45) is 5.73 Å². The maximum atomic E-state index is 10.7. The van der Waals surface area contributed by atoms with E-state index < -0.39 is 42.5 Å². The number of amides is 2. The van der Waals surface area contributed by atoms with Crippen LogP contribution in [0.3, 0.4) is 0 Å². The fourth-order valence-corrected chi connectivity index (χ4v) is 5.36. The van der Waals surface area contributed by atoms with Crippen LogP contribution in [0, 0.1) is 0 Å². The van der Waals surface area contributed by atoms with E-state index in [9.17, 15) is 29.1 Å². The molecular weight excluding hydrogens is 900 g/mol. The number of para-hydroxylation sites is 1. The second kappa shape index (κ2) is 33.4. The third-order valence-corrected chi connectivity index (χ3v) is 8.60. The van der Waals surface area contributed by atoms with E-state index >= 15 is 0 Å². The quantitative estimate of drug-likeness (QED) is 0.0603. The number of aliphatic hydroxyl groups excluding tert-OH is 1. The molecule has 2 amide bonds. The molecule has 0 fully saturated rings. The monoisotopic (exact) mass is 964 g/mol. The molecule has 370 valence electrons. The molecule has 2 atom stereocenters. The minimum absolute atomic E-state index is 0. The number of hydrogen-bond acceptors (Lipinski definition) is 12. The SMILES string of the molecule is CC(=O)Nc1ccc(O)cc1.CCOc1ccc(NC(C)=O)cc1.CN(C)CCOc1ccccc1Cc1ccccc1.C[C@H](N)[C@H](O)c1ccccc1.O=C(O)CC(O)(CC(=O)O)C(=O)O.[Cl-].[H+]. The summed E-state index contributed by atoms with van der Waals surface area (Å²) in [7, 11) is 4.11. The molecule has 68 heavy (non-hydrogen) atoms. The number of carbonyl (C=O) groups excluding carboxylic acids is 2. The van der Waals surface area contributed by atoms with Crippen molar-refractivity contribution in [1.82, 2.24) is 4.90 Å². The Morgan fingerprint density at radius 1 is 0.706 bits per heavy atom. The van der Waals surface area contributed by atoms with Crippen LogP contribution in [0.1, 0.15) is 64.8 Å². The summed E-state index contributed by atoms with van der Waals surface area (Å²) in [4.78, 5) is 53.8. The van der Waals surface area contributed by atoms with Gasteiger partial charge < -0.3 is 73.8 Å². The Morgan fingerprint density at radius 3 is 1.59 bits per heavy atom. The number of aliphatic hydroxyl groups is 2. The lowest BCUT2D eigenvalue weighted by molar-refractivity contribution is -0.170. The number of phenols is 1. The Hall–Kier alpha value is -7.02. The molecule has 10 N–H and O–H groups in total. The minimum atomic E-state index is -2.74.